The van der Waals surface area contributed by atoms with Crippen molar-refractivity contribution in [3.05, 3.63) is 57.8 Å². The quantitative estimate of drug-likeness (QED) is 0.825. The van der Waals surface area contributed by atoms with E-state index in [4.69, 9.17) is 10.5 Å². The van der Waals surface area contributed by atoms with Gasteiger partial charge in [-0.3, -0.25) is 0 Å². The lowest BCUT2D eigenvalue weighted by molar-refractivity contribution is 0.469. The van der Waals surface area contributed by atoms with Crippen molar-refractivity contribution in [2.75, 3.05) is 0 Å². The summed E-state index contributed by atoms with van der Waals surface area (Å²) in [7, 11) is 0. The molecule has 2 nitrogen and oxygen atoms in total. The van der Waals surface area contributed by atoms with Gasteiger partial charge < -0.3 is 10.5 Å². The molecule has 1 unspecified atom stereocenters. The van der Waals surface area contributed by atoms with Crippen LogP contribution in [0.1, 0.15) is 24.5 Å². The zero-order valence-electron chi connectivity index (χ0n) is 12.2. The number of benzene rings is 2. The zero-order chi connectivity index (χ0) is 15.4. The van der Waals surface area contributed by atoms with Crippen LogP contribution in [-0.4, -0.2) is 6.04 Å². The second-order valence-electron chi connectivity index (χ2n) is 5.16. The Morgan fingerprint density at radius 1 is 1.24 bits per heavy atom. The van der Waals surface area contributed by atoms with Crippen LogP contribution in [0.2, 0.25) is 0 Å². The topological polar surface area (TPSA) is 35.2 Å². The van der Waals surface area contributed by atoms with Gasteiger partial charge in [0.25, 0.3) is 0 Å². The van der Waals surface area contributed by atoms with Crippen molar-refractivity contribution in [3.8, 4) is 11.5 Å². The first-order valence-electron chi connectivity index (χ1n) is 6.97. The molecule has 0 radical (unpaired) electrons. The molecule has 4 heteroatoms. The molecule has 21 heavy (non-hydrogen) atoms. The van der Waals surface area contributed by atoms with Crippen LogP contribution >= 0.6 is 15.9 Å². The third kappa shape index (κ3) is 4.29. The highest BCUT2D eigenvalue weighted by molar-refractivity contribution is 9.10. The van der Waals surface area contributed by atoms with E-state index in [1.807, 2.05) is 19.1 Å². The van der Waals surface area contributed by atoms with Crippen molar-refractivity contribution in [2.45, 2.75) is 32.7 Å². The van der Waals surface area contributed by atoms with E-state index in [0.717, 1.165) is 24.2 Å². The molecule has 0 aliphatic carbocycles. The monoisotopic (exact) mass is 351 g/mol. The molecule has 0 aliphatic rings. The molecular weight excluding hydrogens is 333 g/mol. The van der Waals surface area contributed by atoms with Crippen LogP contribution in [0.4, 0.5) is 4.39 Å². The normalized spacial score (nSPS) is 12.2. The average Bonchev–Trinajstić information content (AvgIpc) is 2.45. The fourth-order valence-electron chi connectivity index (χ4n) is 2.06. The van der Waals surface area contributed by atoms with Gasteiger partial charge in [-0.05, 0) is 65.5 Å². The molecule has 0 saturated heterocycles. The number of ether oxygens (including phenoxy) is 1. The van der Waals surface area contributed by atoms with Gasteiger partial charge in [0.1, 0.15) is 17.3 Å². The van der Waals surface area contributed by atoms with Crippen molar-refractivity contribution in [1.29, 1.82) is 0 Å². The van der Waals surface area contributed by atoms with E-state index in [9.17, 15) is 4.39 Å². The number of nitrogens with two attached hydrogens (primary N) is 1. The Kier molecular flexibility index (Phi) is 5.37. The summed E-state index contributed by atoms with van der Waals surface area (Å²) in [5, 5.41) is 0. The molecule has 1 atom stereocenters. The highest BCUT2D eigenvalue weighted by atomic mass is 79.9. The predicted octanol–water partition coefficient (Wildman–Crippen LogP) is 4.97. The van der Waals surface area contributed by atoms with Crippen molar-refractivity contribution < 1.29 is 9.13 Å². The Hall–Kier alpha value is -1.39. The molecule has 0 fully saturated rings. The number of rotatable bonds is 5. The number of aryl methyl sites for hydroxylation is 1. The summed E-state index contributed by atoms with van der Waals surface area (Å²) in [5.41, 5.74) is 8.29. The maximum atomic E-state index is 13.3. The minimum Gasteiger partial charge on any atom is -0.457 e. The van der Waals surface area contributed by atoms with Crippen molar-refractivity contribution in [1.82, 2.24) is 0 Å². The summed E-state index contributed by atoms with van der Waals surface area (Å²) in [6, 6.07) is 10.7. The van der Waals surface area contributed by atoms with Gasteiger partial charge in [-0.15, -0.1) is 0 Å². The third-order valence-corrected chi connectivity index (χ3v) is 3.95. The lowest BCUT2D eigenvalue weighted by atomic mass is 10.0. The number of halogens is 2. The number of hydrogen-bond donors (Lipinski definition) is 1. The molecule has 0 saturated carbocycles. The molecular formula is C17H19BrFNO. The van der Waals surface area contributed by atoms with E-state index >= 15 is 0 Å². The van der Waals surface area contributed by atoms with Crippen LogP contribution in [0, 0.1) is 12.7 Å². The van der Waals surface area contributed by atoms with Crippen molar-refractivity contribution in [3.63, 3.8) is 0 Å². The first-order chi connectivity index (χ1) is 9.99. The molecule has 2 aromatic carbocycles. The lowest BCUT2D eigenvalue weighted by Gasteiger charge is -2.15. The Labute approximate surface area is 133 Å². The maximum absolute atomic E-state index is 13.3. The van der Waals surface area contributed by atoms with E-state index in [-0.39, 0.29) is 11.9 Å². The standard InChI is InChI=1S/C17H19BrFNO/c1-3-13(20)9-12-8-11(2)4-7-17(12)21-14-5-6-16(19)15(18)10-14/h4-8,10,13H,3,9,20H2,1-2H3. The van der Waals surface area contributed by atoms with Crippen molar-refractivity contribution in [2.24, 2.45) is 5.73 Å². The Morgan fingerprint density at radius 3 is 2.67 bits per heavy atom. The molecule has 2 N–H and O–H groups in total. The van der Waals surface area contributed by atoms with Gasteiger partial charge in [-0.1, -0.05) is 24.6 Å². The summed E-state index contributed by atoms with van der Waals surface area (Å²) < 4.78 is 19.5. The van der Waals surface area contributed by atoms with Crippen LogP contribution < -0.4 is 10.5 Å². The summed E-state index contributed by atoms with van der Waals surface area (Å²) in [5.74, 6) is 1.06. The predicted molar refractivity (Wildman–Crippen MR) is 87.3 cm³/mol. The number of hydrogen-bond acceptors (Lipinski definition) is 2. The third-order valence-electron chi connectivity index (χ3n) is 3.34. The van der Waals surface area contributed by atoms with E-state index in [1.54, 1.807) is 12.1 Å². The summed E-state index contributed by atoms with van der Waals surface area (Å²) in [6.45, 7) is 4.11. The van der Waals surface area contributed by atoms with E-state index in [0.29, 0.717) is 10.2 Å². The van der Waals surface area contributed by atoms with Gasteiger partial charge in [0, 0.05) is 6.04 Å². The smallest absolute Gasteiger partial charge is 0.137 e. The van der Waals surface area contributed by atoms with Crippen LogP contribution in [0.3, 0.4) is 0 Å². The summed E-state index contributed by atoms with van der Waals surface area (Å²) in [6.07, 6.45) is 1.67. The average molecular weight is 352 g/mol. The van der Waals surface area contributed by atoms with Crippen molar-refractivity contribution >= 4 is 15.9 Å². The first kappa shape index (κ1) is 16.0. The van der Waals surface area contributed by atoms with E-state index in [2.05, 4.69) is 28.9 Å². The second-order valence-corrected chi connectivity index (χ2v) is 6.02. The fraction of sp³-hybridized carbons (Fsp3) is 0.294. The first-order valence-corrected chi connectivity index (χ1v) is 7.77. The van der Waals surface area contributed by atoms with Crippen LogP contribution in [0.15, 0.2) is 40.9 Å². The zero-order valence-corrected chi connectivity index (χ0v) is 13.8. The molecule has 0 aromatic heterocycles. The molecule has 0 spiro atoms. The maximum Gasteiger partial charge on any atom is 0.137 e. The molecule has 2 rings (SSSR count). The molecule has 112 valence electrons. The van der Waals surface area contributed by atoms with Crippen LogP contribution in [-0.2, 0) is 6.42 Å². The van der Waals surface area contributed by atoms with Gasteiger partial charge in [-0.25, -0.2) is 4.39 Å². The molecule has 0 heterocycles. The Balaban J connectivity index is 2.28. The summed E-state index contributed by atoms with van der Waals surface area (Å²) in [4.78, 5) is 0. The Bertz CT molecular complexity index is 630. The second kappa shape index (κ2) is 7.05. The summed E-state index contributed by atoms with van der Waals surface area (Å²) >= 11 is 3.17. The minimum absolute atomic E-state index is 0.106. The van der Waals surface area contributed by atoms with Gasteiger partial charge in [0.15, 0.2) is 0 Å². The van der Waals surface area contributed by atoms with Gasteiger partial charge >= 0.3 is 0 Å². The van der Waals surface area contributed by atoms with E-state index in [1.165, 1.54) is 11.6 Å². The SMILES string of the molecule is CCC(N)Cc1cc(C)ccc1Oc1ccc(F)c(Br)c1. The van der Waals surface area contributed by atoms with Crippen LogP contribution in [0.25, 0.3) is 0 Å². The molecule has 0 bridgehead atoms. The van der Waals surface area contributed by atoms with E-state index < -0.39 is 0 Å². The Morgan fingerprint density at radius 2 is 2.00 bits per heavy atom. The van der Waals surface area contributed by atoms with Gasteiger partial charge in [-0.2, -0.15) is 0 Å². The van der Waals surface area contributed by atoms with Gasteiger partial charge in [0.05, 0.1) is 4.47 Å². The molecule has 2 aromatic rings. The fourth-order valence-corrected chi connectivity index (χ4v) is 2.42. The lowest BCUT2D eigenvalue weighted by Crippen LogP contribution is -2.21. The molecule has 0 amide bonds. The molecule has 0 aliphatic heterocycles. The highest BCUT2D eigenvalue weighted by Crippen LogP contribution is 2.30. The van der Waals surface area contributed by atoms with Crippen LogP contribution in [0.5, 0.6) is 11.5 Å². The van der Waals surface area contributed by atoms with Gasteiger partial charge in [0.2, 0.25) is 0 Å². The largest absolute Gasteiger partial charge is 0.457 e. The highest BCUT2D eigenvalue weighted by Gasteiger charge is 2.10. The minimum atomic E-state index is -0.306.